The van der Waals surface area contributed by atoms with E-state index in [4.69, 9.17) is 0 Å². The molecule has 1 aliphatic heterocycles. The van der Waals surface area contributed by atoms with Gasteiger partial charge in [0, 0.05) is 11.1 Å². The molecule has 0 amide bonds. The zero-order chi connectivity index (χ0) is 12.6. The first-order chi connectivity index (χ1) is 8.71. The van der Waals surface area contributed by atoms with Crippen LogP contribution in [0.3, 0.4) is 0 Å². The molecule has 0 bridgehead atoms. The topological polar surface area (TPSA) is 49.3 Å². The van der Waals surface area contributed by atoms with Crippen LogP contribution in [0.1, 0.15) is 18.4 Å². The van der Waals surface area contributed by atoms with E-state index in [1.807, 2.05) is 12.1 Å². The van der Waals surface area contributed by atoms with Gasteiger partial charge in [0.15, 0.2) is 0 Å². The van der Waals surface area contributed by atoms with Crippen LogP contribution >= 0.6 is 23.7 Å². The molecule has 3 nitrogen and oxygen atoms in total. The summed E-state index contributed by atoms with van der Waals surface area (Å²) in [6, 6.07) is 8.18. The molecule has 1 unspecified atom stereocenters. The van der Waals surface area contributed by atoms with Crippen molar-refractivity contribution >= 4 is 39.8 Å². The zero-order valence-corrected chi connectivity index (χ0v) is 12.0. The largest absolute Gasteiger partial charge is 0.480 e. The van der Waals surface area contributed by atoms with Crippen LogP contribution in [0.4, 0.5) is 0 Å². The van der Waals surface area contributed by atoms with Crippen LogP contribution in [0.25, 0.3) is 10.1 Å². The van der Waals surface area contributed by atoms with Crippen molar-refractivity contribution in [3.05, 3.63) is 35.2 Å². The van der Waals surface area contributed by atoms with E-state index < -0.39 is 11.5 Å². The maximum absolute atomic E-state index is 11.5. The van der Waals surface area contributed by atoms with Crippen LogP contribution in [-0.4, -0.2) is 23.2 Å². The molecule has 0 saturated carbocycles. The molecular weight excluding hydrogens is 282 g/mol. The highest BCUT2D eigenvalue weighted by Gasteiger charge is 2.41. The van der Waals surface area contributed by atoms with Crippen LogP contribution in [0, 0.1) is 0 Å². The zero-order valence-electron chi connectivity index (χ0n) is 10.4. The second kappa shape index (κ2) is 5.49. The molecule has 0 spiro atoms. The predicted molar refractivity (Wildman–Crippen MR) is 80.4 cm³/mol. The number of aliphatic carboxylic acids is 1. The number of carboxylic acid groups (broad SMARTS) is 1. The number of rotatable bonds is 3. The first-order valence-corrected chi connectivity index (χ1v) is 7.03. The summed E-state index contributed by atoms with van der Waals surface area (Å²) in [4.78, 5) is 11.5. The molecule has 5 heteroatoms. The van der Waals surface area contributed by atoms with E-state index in [0.29, 0.717) is 12.8 Å². The third-order valence-electron chi connectivity index (χ3n) is 3.71. The Hall–Kier alpha value is -1.10. The van der Waals surface area contributed by atoms with E-state index in [9.17, 15) is 9.90 Å². The summed E-state index contributed by atoms with van der Waals surface area (Å²) in [6.45, 7) is 0.800. The number of benzene rings is 1. The van der Waals surface area contributed by atoms with Gasteiger partial charge in [-0.1, -0.05) is 18.2 Å². The molecule has 3 rings (SSSR count). The standard InChI is InChI=1S/C14H15NO2S.ClH/c16-13(17)14(6-3-7-15-14)8-10-9-18-12-5-2-1-4-11(10)12;/h1-2,4-5,9,15H,3,6-8H2,(H,16,17);1H. The highest BCUT2D eigenvalue weighted by atomic mass is 35.5. The molecule has 19 heavy (non-hydrogen) atoms. The summed E-state index contributed by atoms with van der Waals surface area (Å²) < 4.78 is 1.23. The fourth-order valence-electron chi connectivity index (χ4n) is 2.71. The van der Waals surface area contributed by atoms with Gasteiger partial charge in [0.05, 0.1) is 0 Å². The fourth-order valence-corrected chi connectivity index (χ4v) is 3.67. The SMILES string of the molecule is Cl.O=C(O)C1(Cc2csc3ccccc23)CCCN1. The van der Waals surface area contributed by atoms with Gasteiger partial charge >= 0.3 is 5.97 Å². The number of carbonyl (C=O) groups is 1. The molecule has 1 aliphatic rings. The van der Waals surface area contributed by atoms with Crippen molar-refractivity contribution in [2.45, 2.75) is 24.8 Å². The molecule has 1 saturated heterocycles. The summed E-state index contributed by atoms with van der Waals surface area (Å²) in [5, 5.41) is 15.9. The minimum atomic E-state index is -0.760. The Kier molecular flexibility index (Phi) is 4.13. The third kappa shape index (κ3) is 2.48. The van der Waals surface area contributed by atoms with E-state index >= 15 is 0 Å². The minimum absolute atomic E-state index is 0. The number of fused-ring (bicyclic) bond motifs is 1. The molecule has 1 atom stereocenters. The highest BCUT2D eigenvalue weighted by molar-refractivity contribution is 7.17. The maximum atomic E-state index is 11.5. The van der Waals surface area contributed by atoms with Crippen molar-refractivity contribution in [1.82, 2.24) is 5.32 Å². The summed E-state index contributed by atoms with van der Waals surface area (Å²) in [7, 11) is 0. The average Bonchev–Trinajstić information content (AvgIpc) is 2.99. The van der Waals surface area contributed by atoms with E-state index in [1.165, 1.54) is 10.1 Å². The maximum Gasteiger partial charge on any atom is 0.324 e. The van der Waals surface area contributed by atoms with E-state index in [1.54, 1.807) is 11.3 Å². The lowest BCUT2D eigenvalue weighted by Crippen LogP contribution is -2.49. The van der Waals surface area contributed by atoms with Gasteiger partial charge in [0.1, 0.15) is 5.54 Å². The second-order valence-corrected chi connectivity index (χ2v) is 5.76. The first kappa shape index (κ1) is 14.3. The van der Waals surface area contributed by atoms with Gasteiger partial charge in [-0.3, -0.25) is 4.79 Å². The average molecular weight is 298 g/mol. The summed E-state index contributed by atoms with van der Waals surface area (Å²) in [6.07, 6.45) is 2.23. The van der Waals surface area contributed by atoms with Crippen molar-refractivity contribution in [2.75, 3.05) is 6.54 Å². The predicted octanol–water partition coefficient (Wildman–Crippen LogP) is 3.07. The van der Waals surface area contributed by atoms with Crippen LogP contribution in [-0.2, 0) is 11.2 Å². The molecule has 1 aromatic heterocycles. The quantitative estimate of drug-likeness (QED) is 0.915. The van der Waals surface area contributed by atoms with Gasteiger partial charge in [-0.05, 0) is 41.8 Å². The van der Waals surface area contributed by atoms with Crippen LogP contribution in [0.2, 0.25) is 0 Å². The second-order valence-electron chi connectivity index (χ2n) is 4.85. The van der Waals surface area contributed by atoms with Crippen molar-refractivity contribution < 1.29 is 9.90 Å². The Balaban J connectivity index is 0.00000133. The number of hydrogen-bond acceptors (Lipinski definition) is 3. The Labute approximate surface area is 122 Å². The molecule has 0 aliphatic carbocycles. The lowest BCUT2D eigenvalue weighted by molar-refractivity contribution is -0.144. The number of nitrogens with one attached hydrogen (secondary N) is 1. The minimum Gasteiger partial charge on any atom is -0.480 e. The normalized spacial score (nSPS) is 22.3. The Morgan fingerprint density at radius 2 is 2.21 bits per heavy atom. The van der Waals surface area contributed by atoms with Gasteiger partial charge < -0.3 is 10.4 Å². The molecule has 2 N–H and O–H groups in total. The monoisotopic (exact) mass is 297 g/mol. The summed E-state index contributed by atoms with van der Waals surface area (Å²) in [5.41, 5.74) is 0.386. The number of halogens is 1. The van der Waals surface area contributed by atoms with E-state index in [0.717, 1.165) is 18.5 Å². The van der Waals surface area contributed by atoms with Gasteiger partial charge in [0.25, 0.3) is 0 Å². The van der Waals surface area contributed by atoms with Gasteiger partial charge in [-0.15, -0.1) is 23.7 Å². The van der Waals surface area contributed by atoms with Crippen LogP contribution < -0.4 is 5.32 Å². The molecule has 2 aromatic rings. The number of thiophene rings is 1. The van der Waals surface area contributed by atoms with Gasteiger partial charge in [0.2, 0.25) is 0 Å². The van der Waals surface area contributed by atoms with Gasteiger partial charge in [-0.25, -0.2) is 0 Å². The molecule has 102 valence electrons. The number of hydrogen-bond donors (Lipinski definition) is 2. The number of carboxylic acids is 1. The molecule has 1 aromatic carbocycles. The van der Waals surface area contributed by atoms with Crippen LogP contribution in [0.5, 0.6) is 0 Å². The fraction of sp³-hybridized carbons (Fsp3) is 0.357. The van der Waals surface area contributed by atoms with E-state index in [2.05, 4.69) is 22.8 Å². The summed E-state index contributed by atoms with van der Waals surface area (Å²) in [5.74, 6) is -0.727. The van der Waals surface area contributed by atoms with Crippen molar-refractivity contribution in [2.24, 2.45) is 0 Å². The Morgan fingerprint density at radius 3 is 2.89 bits per heavy atom. The first-order valence-electron chi connectivity index (χ1n) is 6.15. The van der Waals surface area contributed by atoms with Crippen molar-refractivity contribution in [3.8, 4) is 0 Å². The molecular formula is C14H16ClNO2S. The van der Waals surface area contributed by atoms with E-state index in [-0.39, 0.29) is 12.4 Å². The Bertz CT molecular complexity index is 590. The van der Waals surface area contributed by atoms with Gasteiger partial charge in [-0.2, -0.15) is 0 Å². The smallest absolute Gasteiger partial charge is 0.324 e. The lowest BCUT2D eigenvalue weighted by atomic mass is 9.89. The molecule has 0 radical (unpaired) electrons. The van der Waals surface area contributed by atoms with Crippen LogP contribution in [0.15, 0.2) is 29.6 Å². The molecule has 1 fully saturated rings. The Morgan fingerprint density at radius 1 is 1.42 bits per heavy atom. The van der Waals surface area contributed by atoms with Crippen molar-refractivity contribution in [1.29, 1.82) is 0 Å². The summed E-state index contributed by atoms with van der Waals surface area (Å²) >= 11 is 1.69. The lowest BCUT2D eigenvalue weighted by Gasteiger charge is -2.24. The van der Waals surface area contributed by atoms with Crippen molar-refractivity contribution in [3.63, 3.8) is 0 Å². The third-order valence-corrected chi connectivity index (χ3v) is 4.72. The molecule has 2 heterocycles. The highest BCUT2D eigenvalue weighted by Crippen LogP contribution is 2.31.